The maximum Gasteiger partial charge on any atom is 0.490 e. The Hall–Kier alpha value is -4.32. The van der Waals surface area contributed by atoms with Crippen LogP contribution in [0.15, 0.2) is 40.5 Å². The van der Waals surface area contributed by atoms with Crippen molar-refractivity contribution in [2.75, 3.05) is 45.9 Å². The van der Waals surface area contributed by atoms with E-state index in [9.17, 15) is 46.1 Å². The number of H-pyrrole nitrogens is 1. The number of hydrogen-bond donors (Lipinski definition) is 6. The molecule has 1 spiro atoms. The molecule has 2 aromatic heterocycles. The van der Waals surface area contributed by atoms with Gasteiger partial charge in [-0.05, 0) is 49.1 Å². The number of thiazole rings is 2. The van der Waals surface area contributed by atoms with Crippen LogP contribution in [0.3, 0.4) is 0 Å². The number of amides is 1. The zero-order valence-electron chi connectivity index (χ0n) is 32.0. The van der Waals surface area contributed by atoms with Gasteiger partial charge in [0.2, 0.25) is 0 Å². The SMILES string of the molecule is CC(C)c1nc(C(=O)N2CCOC3(CCN(Cc4ccc(Cl)c(CCNC[C@H](O)c5ccc(O)c6[nH]c(=O)sc56)c4)CC3)C2)cs1.O=C(O)C(F)(F)F.O=C(O)C(F)(F)F. The number of rotatable bonds is 10. The maximum atomic E-state index is 13.2. The summed E-state index contributed by atoms with van der Waals surface area (Å²) in [6, 6.07) is 9.31. The highest BCUT2D eigenvalue weighted by Crippen LogP contribution is 2.33. The molecule has 4 heterocycles. The molecule has 2 aliphatic rings. The molecule has 330 valence electrons. The van der Waals surface area contributed by atoms with E-state index >= 15 is 0 Å². The van der Waals surface area contributed by atoms with Gasteiger partial charge >= 0.3 is 29.2 Å². The summed E-state index contributed by atoms with van der Waals surface area (Å²) in [4.78, 5) is 54.1. The first-order valence-corrected chi connectivity index (χ1v) is 20.3. The summed E-state index contributed by atoms with van der Waals surface area (Å²) in [6.45, 7) is 9.41. The maximum absolute atomic E-state index is 13.2. The molecule has 4 aromatic rings. The predicted octanol–water partition coefficient (Wildman–Crippen LogP) is 6.17. The fourth-order valence-electron chi connectivity index (χ4n) is 6.30. The number of benzene rings is 2. The van der Waals surface area contributed by atoms with Crippen molar-refractivity contribution in [1.82, 2.24) is 25.1 Å². The number of aromatic amines is 1. The Morgan fingerprint density at radius 2 is 1.67 bits per heavy atom. The summed E-state index contributed by atoms with van der Waals surface area (Å²) in [5, 5.41) is 41.9. The lowest BCUT2D eigenvalue weighted by molar-refractivity contribution is -0.193. The predicted molar refractivity (Wildman–Crippen MR) is 210 cm³/mol. The number of carboxylic acid groups (broad SMARTS) is 2. The third kappa shape index (κ3) is 13.3. The monoisotopic (exact) mass is 913 g/mol. The fraction of sp³-hybridized carbons (Fsp3) is 0.486. The van der Waals surface area contributed by atoms with E-state index in [2.05, 4.69) is 46.2 Å². The van der Waals surface area contributed by atoms with Crippen LogP contribution in [0, 0.1) is 0 Å². The second-order valence-electron chi connectivity index (χ2n) is 14.2. The van der Waals surface area contributed by atoms with Crippen molar-refractivity contribution in [1.29, 1.82) is 0 Å². The van der Waals surface area contributed by atoms with E-state index in [4.69, 9.17) is 36.1 Å². The van der Waals surface area contributed by atoms with E-state index in [1.165, 1.54) is 11.6 Å². The molecule has 2 saturated heterocycles. The Morgan fingerprint density at radius 3 is 2.25 bits per heavy atom. The quantitative estimate of drug-likeness (QED) is 0.0781. The summed E-state index contributed by atoms with van der Waals surface area (Å²) in [5.74, 6) is -5.21. The van der Waals surface area contributed by atoms with Crippen molar-refractivity contribution >= 4 is 62.3 Å². The summed E-state index contributed by atoms with van der Waals surface area (Å²) in [5.41, 5.74) is 3.42. The number of morpholine rings is 1. The first-order valence-electron chi connectivity index (χ1n) is 18.2. The summed E-state index contributed by atoms with van der Waals surface area (Å²) in [7, 11) is 0. The molecule has 14 nitrogen and oxygen atoms in total. The number of aliphatic carboxylic acids is 2. The molecule has 2 aromatic carbocycles. The molecular formula is C37H42ClF6N5O9S2. The number of nitrogens with zero attached hydrogens (tertiary/aromatic N) is 3. The average molecular weight is 914 g/mol. The van der Waals surface area contributed by atoms with Gasteiger partial charge in [-0.2, -0.15) is 26.3 Å². The molecule has 60 heavy (non-hydrogen) atoms. The molecule has 0 unspecified atom stereocenters. The normalized spacial score (nSPS) is 16.2. The highest BCUT2D eigenvalue weighted by atomic mass is 35.5. The highest BCUT2D eigenvalue weighted by Gasteiger charge is 2.42. The molecule has 6 rings (SSSR count). The van der Waals surface area contributed by atoms with Crippen molar-refractivity contribution in [2.45, 2.75) is 69.6 Å². The van der Waals surface area contributed by atoms with E-state index in [1.807, 2.05) is 16.3 Å². The number of piperidine rings is 1. The van der Waals surface area contributed by atoms with Crippen LogP contribution in [0.5, 0.6) is 5.75 Å². The van der Waals surface area contributed by atoms with Crippen LogP contribution >= 0.6 is 34.3 Å². The summed E-state index contributed by atoms with van der Waals surface area (Å²) >= 11 is 9.09. The number of likely N-dealkylation sites (tertiary alicyclic amines) is 1. The second-order valence-corrected chi connectivity index (χ2v) is 16.4. The van der Waals surface area contributed by atoms with Gasteiger partial charge < -0.3 is 40.4 Å². The number of aliphatic hydroxyl groups is 1. The number of carbonyl (C=O) groups excluding carboxylic acids is 1. The van der Waals surface area contributed by atoms with Crippen molar-refractivity contribution < 1.29 is 65.9 Å². The molecule has 0 bridgehead atoms. The Balaban J connectivity index is 0.000000488. The van der Waals surface area contributed by atoms with Crippen LogP contribution in [0.2, 0.25) is 5.02 Å². The number of carboxylic acids is 2. The first kappa shape index (κ1) is 48.3. The van der Waals surface area contributed by atoms with Crippen molar-refractivity contribution in [2.24, 2.45) is 0 Å². The van der Waals surface area contributed by atoms with Crippen molar-refractivity contribution in [3.05, 3.63) is 77.8 Å². The number of carbonyl (C=O) groups is 3. The zero-order chi connectivity index (χ0) is 44.6. The number of ether oxygens (including phenoxy) is 1. The number of halogens is 7. The Labute approximate surface area is 351 Å². The number of fused-ring (bicyclic) bond motifs is 1. The largest absolute Gasteiger partial charge is 0.506 e. The van der Waals surface area contributed by atoms with E-state index < -0.39 is 30.4 Å². The molecule has 2 fully saturated rings. The minimum atomic E-state index is -5.08. The molecule has 2 aliphatic heterocycles. The van der Waals surface area contributed by atoms with Crippen LogP contribution in [-0.4, -0.2) is 122 Å². The smallest absolute Gasteiger partial charge is 0.490 e. The zero-order valence-corrected chi connectivity index (χ0v) is 34.4. The number of nitrogens with one attached hydrogen (secondary N) is 2. The van der Waals surface area contributed by atoms with Gasteiger partial charge in [-0.1, -0.05) is 55.0 Å². The Kier molecular flexibility index (Phi) is 16.5. The van der Waals surface area contributed by atoms with Gasteiger partial charge in [0.1, 0.15) is 17.0 Å². The molecule has 1 atom stereocenters. The topological polar surface area (TPSA) is 206 Å². The van der Waals surface area contributed by atoms with Gasteiger partial charge in [0.15, 0.2) is 0 Å². The number of alkyl halides is 6. The number of aromatic nitrogens is 2. The van der Waals surface area contributed by atoms with Gasteiger partial charge in [0.25, 0.3) is 5.91 Å². The second kappa shape index (κ2) is 20.5. The van der Waals surface area contributed by atoms with Crippen LogP contribution < -0.4 is 10.2 Å². The third-order valence-corrected chi connectivity index (χ3v) is 11.8. The van der Waals surface area contributed by atoms with E-state index in [0.29, 0.717) is 71.6 Å². The number of phenolic OH excluding ortho intramolecular Hbond substituents is 1. The fourth-order valence-corrected chi connectivity index (χ4v) is 8.24. The van der Waals surface area contributed by atoms with Gasteiger partial charge in [-0.15, -0.1) is 11.3 Å². The van der Waals surface area contributed by atoms with E-state index in [0.717, 1.165) is 54.4 Å². The Morgan fingerprint density at radius 1 is 1.03 bits per heavy atom. The van der Waals surface area contributed by atoms with Gasteiger partial charge in [-0.3, -0.25) is 14.5 Å². The number of aromatic hydroxyl groups is 1. The molecule has 0 saturated carbocycles. The standard InChI is InChI=1S/C33H40ClN5O5S2.2C2HF3O2/c1-20(2)30-36-25(18-45-30)31(42)39-13-14-44-33(19-39)8-11-38(12-9-33)17-21-3-5-24(34)22(15-21)7-10-35-16-27(41)23-4-6-26(40)28-29(23)46-32(43)37-28;2*3-2(4,5)1(6)7/h3-6,15,18,20,27,35,40-41H,7-14,16-17,19H2,1-2H3,(H,37,43);2*(H,6,7)/t27-;;/m0../s1. The highest BCUT2D eigenvalue weighted by molar-refractivity contribution is 7.16. The number of hydrogen-bond acceptors (Lipinski definition) is 12. The Bertz CT molecular complexity index is 2150. The summed E-state index contributed by atoms with van der Waals surface area (Å²) < 4.78 is 70.4. The number of phenols is 1. The lowest BCUT2D eigenvalue weighted by Crippen LogP contribution is -2.58. The summed E-state index contributed by atoms with van der Waals surface area (Å²) in [6.07, 6.45) is -8.57. The van der Waals surface area contributed by atoms with Gasteiger partial charge in [-0.25, -0.2) is 14.6 Å². The van der Waals surface area contributed by atoms with Gasteiger partial charge in [0.05, 0.1) is 34.6 Å². The third-order valence-electron chi connectivity index (χ3n) is 9.40. The van der Waals surface area contributed by atoms with E-state index in [1.54, 1.807) is 17.4 Å². The molecular weight excluding hydrogens is 872 g/mol. The molecule has 23 heteroatoms. The molecule has 0 aliphatic carbocycles. The number of aliphatic hydroxyl groups excluding tert-OH is 1. The average Bonchev–Trinajstić information content (AvgIpc) is 3.83. The minimum Gasteiger partial charge on any atom is -0.506 e. The minimum absolute atomic E-state index is 0.00241. The molecule has 6 N–H and O–H groups in total. The van der Waals surface area contributed by atoms with Crippen LogP contribution in [-0.2, 0) is 27.3 Å². The molecule has 1 amide bonds. The van der Waals surface area contributed by atoms with Gasteiger partial charge in [0, 0.05) is 54.6 Å². The lowest BCUT2D eigenvalue weighted by Gasteiger charge is -2.47. The van der Waals surface area contributed by atoms with Crippen LogP contribution in [0.4, 0.5) is 26.3 Å². The lowest BCUT2D eigenvalue weighted by atomic mass is 9.89. The van der Waals surface area contributed by atoms with E-state index in [-0.39, 0.29) is 22.1 Å². The van der Waals surface area contributed by atoms with Crippen LogP contribution in [0.25, 0.3) is 10.2 Å². The first-order chi connectivity index (χ1) is 28.0. The molecule has 0 radical (unpaired) electrons. The van der Waals surface area contributed by atoms with Crippen molar-refractivity contribution in [3.8, 4) is 5.75 Å². The van der Waals surface area contributed by atoms with Crippen molar-refractivity contribution in [3.63, 3.8) is 0 Å². The van der Waals surface area contributed by atoms with Crippen LogP contribution in [0.1, 0.15) is 70.9 Å².